The standard InChI is InChI=1S/C18H23NO/c1-3-4-10-17(15-8-6-5-7-9-15)19-16-12-11-14(2)18(20)13-16/h5-9,11-13,17,19-20H,3-4,10H2,1-2H3. The minimum Gasteiger partial charge on any atom is -0.508 e. The minimum atomic E-state index is 0.290. The molecule has 0 spiro atoms. The topological polar surface area (TPSA) is 32.3 Å². The number of unbranched alkanes of at least 4 members (excludes halogenated alkanes) is 1. The van der Waals surface area contributed by atoms with Gasteiger partial charge in [0.05, 0.1) is 6.04 Å². The zero-order valence-electron chi connectivity index (χ0n) is 12.3. The number of hydrogen-bond acceptors (Lipinski definition) is 2. The van der Waals surface area contributed by atoms with E-state index >= 15 is 0 Å². The first kappa shape index (κ1) is 14.4. The van der Waals surface area contributed by atoms with Gasteiger partial charge in [-0.3, -0.25) is 0 Å². The van der Waals surface area contributed by atoms with Crippen molar-refractivity contribution in [3.63, 3.8) is 0 Å². The number of hydrogen-bond donors (Lipinski definition) is 2. The van der Waals surface area contributed by atoms with Crippen molar-refractivity contribution in [2.24, 2.45) is 0 Å². The molecule has 2 nitrogen and oxygen atoms in total. The molecule has 2 aromatic rings. The van der Waals surface area contributed by atoms with E-state index < -0.39 is 0 Å². The minimum absolute atomic E-state index is 0.290. The molecule has 0 aromatic heterocycles. The quantitative estimate of drug-likeness (QED) is 0.769. The van der Waals surface area contributed by atoms with Gasteiger partial charge in [-0.15, -0.1) is 0 Å². The molecule has 2 heteroatoms. The van der Waals surface area contributed by atoms with Crippen molar-refractivity contribution in [3.05, 3.63) is 59.7 Å². The van der Waals surface area contributed by atoms with E-state index in [2.05, 4.69) is 36.5 Å². The molecular formula is C18H23NO. The largest absolute Gasteiger partial charge is 0.508 e. The van der Waals surface area contributed by atoms with Crippen LogP contribution in [0.3, 0.4) is 0 Å². The summed E-state index contributed by atoms with van der Waals surface area (Å²) in [7, 11) is 0. The molecule has 1 atom stereocenters. The fourth-order valence-electron chi connectivity index (χ4n) is 2.32. The second-order valence-electron chi connectivity index (χ2n) is 5.25. The van der Waals surface area contributed by atoms with Crippen molar-refractivity contribution in [2.75, 3.05) is 5.32 Å². The lowest BCUT2D eigenvalue weighted by Gasteiger charge is -2.20. The number of benzene rings is 2. The van der Waals surface area contributed by atoms with Crippen molar-refractivity contribution in [1.82, 2.24) is 0 Å². The second-order valence-corrected chi connectivity index (χ2v) is 5.25. The molecule has 0 bridgehead atoms. The van der Waals surface area contributed by atoms with Crippen molar-refractivity contribution in [3.8, 4) is 5.75 Å². The van der Waals surface area contributed by atoms with Gasteiger partial charge < -0.3 is 10.4 Å². The van der Waals surface area contributed by atoms with Gasteiger partial charge in [-0.1, -0.05) is 56.2 Å². The number of aryl methyl sites for hydroxylation is 1. The van der Waals surface area contributed by atoms with Gasteiger partial charge in [0.15, 0.2) is 0 Å². The third kappa shape index (κ3) is 3.77. The number of rotatable bonds is 6. The normalized spacial score (nSPS) is 12.1. The molecule has 2 aromatic carbocycles. The van der Waals surface area contributed by atoms with E-state index in [-0.39, 0.29) is 0 Å². The third-order valence-electron chi connectivity index (χ3n) is 3.60. The lowest BCUT2D eigenvalue weighted by molar-refractivity contribution is 0.471. The zero-order chi connectivity index (χ0) is 14.4. The molecule has 0 amide bonds. The molecule has 0 radical (unpaired) electrons. The summed E-state index contributed by atoms with van der Waals surface area (Å²) < 4.78 is 0. The first-order chi connectivity index (χ1) is 9.70. The van der Waals surface area contributed by atoms with E-state index in [4.69, 9.17) is 0 Å². The first-order valence-electron chi connectivity index (χ1n) is 7.32. The summed E-state index contributed by atoms with van der Waals surface area (Å²) >= 11 is 0. The van der Waals surface area contributed by atoms with Crippen LogP contribution in [0.25, 0.3) is 0 Å². The van der Waals surface area contributed by atoms with E-state index in [0.29, 0.717) is 11.8 Å². The molecule has 1 unspecified atom stereocenters. The highest BCUT2D eigenvalue weighted by Crippen LogP contribution is 2.27. The van der Waals surface area contributed by atoms with Crippen LogP contribution in [0.15, 0.2) is 48.5 Å². The summed E-state index contributed by atoms with van der Waals surface area (Å²) in [6.45, 7) is 4.12. The smallest absolute Gasteiger partial charge is 0.120 e. The van der Waals surface area contributed by atoms with E-state index in [1.807, 2.05) is 25.1 Å². The van der Waals surface area contributed by atoms with Crippen molar-refractivity contribution in [2.45, 2.75) is 39.2 Å². The Kier molecular flexibility index (Phi) is 5.05. The molecule has 0 fully saturated rings. The summed E-state index contributed by atoms with van der Waals surface area (Å²) in [4.78, 5) is 0. The van der Waals surface area contributed by atoms with Gasteiger partial charge >= 0.3 is 0 Å². The average molecular weight is 269 g/mol. The molecule has 2 rings (SSSR count). The molecule has 0 saturated carbocycles. The Morgan fingerprint density at radius 1 is 1.10 bits per heavy atom. The van der Waals surface area contributed by atoms with Crippen LogP contribution in [0.2, 0.25) is 0 Å². The van der Waals surface area contributed by atoms with Gasteiger partial charge in [0.1, 0.15) is 5.75 Å². The molecule has 2 N–H and O–H groups in total. The number of nitrogens with one attached hydrogen (secondary N) is 1. The number of anilines is 1. The fourth-order valence-corrected chi connectivity index (χ4v) is 2.32. The molecule has 0 aliphatic carbocycles. The summed E-state index contributed by atoms with van der Waals surface area (Å²) in [5.74, 6) is 0.345. The van der Waals surface area contributed by atoms with Crippen LogP contribution in [-0.4, -0.2) is 5.11 Å². The molecule has 0 aliphatic rings. The predicted octanol–water partition coefficient (Wildman–Crippen LogP) is 5.04. The molecule has 106 valence electrons. The van der Waals surface area contributed by atoms with Gasteiger partial charge in [-0.25, -0.2) is 0 Å². The SMILES string of the molecule is CCCCC(Nc1ccc(C)c(O)c1)c1ccccc1. The van der Waals surface area contributed by atoms with E-state index in [1.54, 1.807) is 6.07 Å². The summed E-state index contributed by atoms with van der Waals surface area (Å²) in [5, 5.41) is 13.4. The van der Waals surface area contributed by atoms with Crippen LogP contribution < -0.4 is 5.32 Å². The van der Waals surface area contributed by atoms with Gasteiger partial charge in [0.2, 0.25) is 0 Å². The molecule has 0 aliphatic heterocycles. The third-order valence-corrected chi connectivity index (χ3v) is 3.60. The van der Waals surface area contributed by atoms with Crippen molar-refractivity contribution in [1.29, 1.82) is 0 Å². The molecular weight excluding hydrogens is 246 g/mol. The number of phenols is 1. The van der Waals surface area contributed by atoms with E-state index in [9.17, 15) is 5.11 Å². The Balaban J connectivity index is 2.17. The highest BCUT2D eigenvalue weighted by atomic mass is 16.3. The maximum Gasteiger partial charge on any atom is 0.120 e. The lowest BCUT2D eigenvalue weighted by atomic mass is 10.0. The van der Waals surface area contributed by atoms with Crippen molar-refractivity contribution < 1.29 is 5.11 Å². The van der Waals surface area contributed by atoms with Crippen LogP contribution in [-0.2, 0) is 0 Å². The van der Waals surface area contributed by atoms with Crippen LogP contribution in [0.5, 0.6) is 5.75 Å². The molecule has 0 heterocycles. The Hall–Kier alpha value is -1.96. The molecule has 0 saturated heterocycles. The Bertz CT molecular complexity index is 536. The van der Waals surface area contributed by atoms with Crippen molar-refractivity contribution >= 4 is 5.69 Å². The lowest BCUT2D eigenvalue weighted by Crippen LogP contribution is -2.10. The Morgan fingerprint density at radius 3 is 2.50 bits per heavy atom. The van der Waals surface area contributed by atoms with Crippen LogP contribution in [0, 0.1) is 6.92 Å². The van der Waals surface area contributed by atoms with Gasteiger partial charge in [-0.2, -0.15) is 0 Å². The number of phenolic OH excluding ortho intramolecular Hbond substituents is 1. The van der Waals surface area contributed by atoms with Gasteiger partial charge in [-0.05, 0) is 30.5 Å². The summed E-state index contributed by atoms with van der Waals surface area (Å²) in [6.07, 6.45) is 3.46. The average Bonchev–Trinajstić information content (AvgIpc) is 2.48. The van der Waals surface area contributed by atoms with Gasteiger partial charge in [0, 0.05) is 11.8 Å². The second kappa shape index (κ2) is 6.99. The predicted molar refractivity (Wildman–Crippen MR) is 85.2 cm³/mol. The highest BCUT2D eigenvalue weighted by Gasteiger charge is 2.11. The zero-order valence-corrected chi connectivity index (χ0v) is 12.3. The summed E-state index contributed by atoms with van der Waals surface area (Å²) in [5.41, 5.74) is 3.17. The van der Waals surface area contributed by atoms with Gasteiger partial charge in [0.25, 0.3) is 0 Å². The monoisotopic (exact) mass is 269 g/mol. The maximum atomic E-state index is 9.82. The number of aromatic hydroxyl groups is 1. The fraction of sp³-hybridized carbons (Fsp3) is 0.333. The summed E-state index contributed by atoms with van der Waals surface area (Å²) in [6, 6.07) is 16.6. The van der Waals surface area contributed by atoms with Crippen LogP contribution in [0.1, 0.15) is 43.4 Å². The van der Waals surface area contributed by atoms with E-state index in [0.717, 1.165) is 17.7 Å². The Labute approximate surface area is 121 Å². The Morgan fingerprint density at radius 2 is 1.85 bits per heavy atom. The maximum absolute atomic E-state index is 9.82. The molecule has 20 heavy (non-hydrogen) atoms. The van der Waals surface area contributed by atoms with Crippen LogP contribution >= 0.6 is 0 Å². The van der Waals surface area contributed by atoms with E-state index in [1.165, 1.54) is 18.4 Å². The van der Waals surface area contributed by atoms with Crippen LogP contribution in [0.4, 0.5) is 5.69 Å². The first-order valence-corrected chi connectivity index (χ1v) is 7.32. The highest BCUT2D eigenvalue weighted by molar-refractivity contribution is 5.52.